The standard InChI is InChI=1S/C14H18FNO3/c1-19-11-4-3-10(12(15)7-11)8-16-9-14(13(17)18)5-2-6-14/h3-4,7,16H,2,5-6,8-9H2,1H3,(H,17,18). The van der Waals surface area contributed by atoms with Gasteiger partial charge in [0.25, 0.3) is 0 Å². The van der Waals surface area contributed by atoms with E-state index in [4.69, 9.17) is 4.74 Å². The van der Waals surface area contributed by atoms with Gasteiger partial charge in [0.15, 0.2) is 0 Å². The largest absolute Gasteiger partial charge is 0.497 e. The number of rotatable bonds is 6. The summed E-state index contributed by atoms with van der Waals surface area (Å²) in [4.78, 5) is 11.2. The van der Waals surface area contributed by atoms with Crippen LogP contribution in [0.15, 0.2) is 18.2 Å². The van der Waals surface area contributed by atoms with Crippen LogP contribution in [0.2, 0.25) is 0 Å². The van der Waals surface area contributed by atoms with Gasteiger partial charge in [-0.2, -0.15) is 0 Å². The Hall–Kier alpha value is -1.62. The van der Waals surface area contributed by atoms with E-state index in [1.54, 1.807) is 12.1 Å². The SMILES string of the molecule is COc1ccc(CNCC2(C(=O)O)CCC2)c(F)c1. The molecule has 1 aliphatic rings. The molecule has 0 unspecified atom stereocenters. The molecule has 1 saturated carbocycles. The molecule has 0 atom stereocenters. The highest BCUT2D eigenvalue weighted by atomic mass is 19.1. The summed E-state index contributed by atoms with van der Waals surface area (Å²) in [5, 5.41) is 12.2. The summed E-state index contributed by atoms with van der Waals surface area (Å²) < 4.78 is 18.6. The van der Waals surface area contributed by atoms with Crippen LogP contribution in [0.3, 0.4) is 0 Å². The van der Waals surface area contributed by atoms with Crippen molar-refractivity contribution in [3.63, 3.8) is 0 Å². The Kier molecular flexibility index (Phi) is 4.04. The van der Waals surface area contributed by atoms with E-state index >= 15 is 0 Å². The number of aliphatic carboxylic acids is 1. The number of hydrogen-bond acceptors (Lipinski definition) is 3. The van der Waals surface area contributed by atoms with Gasteiger partial charge in [-0.1, -0.05) is 12.5 Å². The average molecular weight is 267 g/mol. The van der Waals surface area contributed by atoms with Gasteiger partial charge in [-0.15, -0.1) is 0 Å². The van der Waals surface area contributed by atoms with Crippen LogP contribution < -0.4 is 10.1 Å². The number of hydrogen-bond donors (Lipinski definition) is 2. The minimum absolute atomic E-state index is 0.324. The van der Waals surface area contributed by atoms with Crippen LogP contribution in [0.1, 0.15) is 24.8 Å². The number of ether oxygens (including phenoxy) is 1. The number of benzene rings is 1. The number of carboxylic acids is 1. The average Bonchev–Trinajstić information content (AvgIpc) is 2.33. The maximum atomic E-state index is 13.7. The molecule has 0 amide bonds. The smallest absolute Gasteiger partial charge is 0.310 e. The van der Waals surface area contributed by atoms with Crippen molar-refractivity contribution in [1.29, 1.82) is 0 Å². The quantitative estimate of drug-likeness (QED) is 0.829. The Labute approximate surface area is 111 Å². The van der Waals surface area contributed by atoms with Crippen molar-refractivity contribution in [3.8, 4) is 5.75 Å². The molecule has 0 radical (unpaired) electrons. The molecule has 1 aromatic rings. The summed E-state index contributed by atoms with van der Waals surface area (Å²) in [7, 11) is 1.49. The highest BCUT2D eigenvalue weighted by molar-refractivity contribution is 5.76. The van der Waals surface area contributed by atoms with Crippen molar-refractivity contribution in [2.75, 3.05) is 13.7 Å². The molecular weight excluding hydrogens is 249 g/mol. The van der Waals surface area contributed by atoms with Gasteiger partial charge in [-0.25, -0.2) is 4.39 Å². The third-order valence-corrected chi connectivity index (χ3v) is 3.80. The zero-order valence-corrected chi connectivity index (χ0v) is 10.9. The molecular formula is C14H18FNO3. The second-order valence-electron chi connectivity index (χ2n) is 5.00. The monoisotopic (exact) mass is 267 g/mol. The minimum Gasteiger partial charge on any atom is -0.497 e. The molecule has 0 aliphatic heterocycles. The third kappa shape index (κ3) is 2.87. The lowest BCUT2D eigenvalue weighted by Crippen LogP contribution is -2.46. The lowest BCUT2D eigenvalue weighted by atomic mass is 9.69. The topological polar surface area (TPSA) is 58.6 Å². The van der Waals surface area contributed by atoms with Gasteiger partial charge in [0, 0.05) is 24.7 Å². The van der Waals surface area contributed by atoms with Crippen molar-refractivity contribution >= 4 is 5.97 Å². The molecule has 0 bridgehead atoms. The predicted molar refractivity (Wildman–Crippen MR) is 68.6 cm³/mol. The van der Waals surface area contributed by atoms with Gasteiger partial charge in [-0.3, -0.25) is 4.79 Å². The Morgan fingerprint density at radius 2 is 2.26 bits per heavy atom. The fourth-order valence-corrected chi connectivity index (χ4v) is 2.30. The van der Waals surface area contributed by atoms with Crippen LogP contribution in [0.4, 0.5) is 4.39 Å². The van der Waals surface area contributed by atoms with E-state index < -0.39 is 11.4 Å². The summed E-state index contributed by atoms with van der Waals surface area (Å²) in [6.45, 7) is 0.707. The Balaban J connectivity index is 1.91. The highest BCUT2D eigenvalue weighted by Crippen LogP contribution is 2.40. The number of carbonyl (C=O) groups is 1. The summed E-state index contributed by atoms with van der Waals surface area (Å²) in [6.07, 6.45) is 2.34. The van der Waals surface area contributed by atoms with E-state index in [1.807, 2.05) is 0 Å². The van der Waals surface area contributed by atoms with Crippen LogP contribution in [-0.2, 0) is 11.3 Å². The summed E-state index contributed by atoms with van der Waals surface area (Å²) in [6, 6.07) is 4.67. The Morgan fingerprint density at radius 3 is 2.74 bits per heavy atom. The fourth-order valence-electron chi connectivity index (χ4n) is 2.30. The Morgan fingerprint density at radius 1 is 1.53 bits per heavy atom. The predicted octanol–water partition coefficient (Wildman–Crippen LogP) is 2.18. The van der Waals surface area contributed by atoms with Gasteiger partial charge in [0.1, 0.15) is 11.6 Å². The van der Waals surface area contributed by atoms with Gasteiger partial charge < -0.3 is 15.2 Å². The Bertz CT molecular complexity index is 472. The van der Waals surface area contributed by atoms with Crippen molar-refractivity contribution < 1.29 is 19.0 Å². The van der Waals surface area contributed by atoms with E-state index in [1.165, 1.54) is 13.2 Å². The number of carboxylic acid groups (broad SMARTS) is 1. The van der Waals surface area contributed by atoms with Gasteiger partial charge in [-0.05, 0) is 18.9 Å². The molecule has 4 nitrogen and oxygen atoms in total. The van der Waals surface area contributed by atoms with E-state index in [0.29, 0.717) is 37.2 Å². The molecule has 2 rings (SSSR count). The molecule has 1 aromatic carbocycles. The van der Waals surface area contributed by atoms with Crippen molar-refractivity contribution in [1.82, 2.24) is 5.32 Å². The first kappa shape index (κ1) is 13.8. The maximum Gasteiger partial charge on any atom is 0.310 e. The second-order valence-corrected chi connectivity index (χ2v) is 5.00. The minimum atomic E-state index is -0.763. The first-order valence-corrected chi connectivity index (χ1v) is 6.34. The fraction of sp³-hybridized carbons (Fsp3) is 0.500. The summed E-state index contributed by atoms with van der Waals surface area (Å²) in [5.41, 5.74) is -0.135. The molecule has 5 heteroatoms. The second kappa shape index (κ2) is 5.57. The number of methoxy groups -OCH3 is 1. The van der Waals surface area contributed by atoms with Crippen LogP contribution >= 0.6 is 0 Å². The summed E-state index contributed by atoms with van der Waals surface area (Å²) >= 11 is 0. The van der Waals surface area contributed by atoms with E-state index in [2.05, 4.69) is 5.32 Å². The molecule has 1 fully saturated rings. The van der Waals surface area contributed by atoms with Crippen LogP contribution in [0.5, 0.6) is 5.75 Å². The molecule has 0 heterocycles. The first-order chi connectivity index (χ1) is 9.07. The lowest BCUT2D eigenvalue weighted by Gasteiger charge is -2.37. The number of nitrogens with one attached hydrogen (secondary N) is 1. The van der Waals surface area contributed by atoms with Crippen LogP contribution in [0, 0.1) is 11.2 Å². The molecule has 2 N–H and O–H groups in total. The van der Waals surface area contributed by atoms with Gasteiger partial charge in [0.2, 0.25) is 0 Å². The maximum absolute atomic E-state index is 13.7. The van der Waals surface area contributed by atoms with Crippen LogP contribution in [-0.4, -0.2) is 24.7 Å². The summed E-state index contributed by atoms with van der Waals surface area (Å²) in [5.74, 6) is -0.631. The number of halogens is 1. The van der Waals surface area contributed by atoms with Crippen molar-refractivity contribution in [3.05, 3.63) is 29.6 Å². The van der Waals surface area contributed by atoms with Gasteiger partial charge >= 0.3 is 5.97 Å². The molecule has 0 spiro atoms. The first-order valence-electron chi connectivity index (χ1n) is 6.34. The molecule has 104 valence electrons. The molecule has 0 aromatic heterocycles. The highest BCUT2D eigenvalue weighted by Gasteiger charge is 2.43. The third-order valence-electron chi connectivity index (χ3n) is 3.80. The van der Waals surface area contributed by atoms with Gasteiger partial charge in [0.05, 0.1) is 12.5 Å². The molecule has 1 aliphatic carbocycles. The van der Waals surface area contributed by atoms with Crippen LogP contribution in [0.25, 0.3) is 0 Å². The van der Waals surface area contributed by atoms with E-state index in [-0.39, 0.29) is 5.82 Å². The zero-order chi connectivity index (χ0) is 13.9. The van der Waals surface area contributed by atoms with E-state index in [0.717, 1.165) is 6.42 Å². The van der Waals surface area contributed by atoms with Crippen molar-refractivity contribution in [2.45, 2.75) is 25.8 Å². The van der Waals surface area contributed by atoms with E-state index in [9.17, 15) is 14.3 Å². The lowest BCUT2D eigenvalue weighted by molar-refractivity contribution is -0.154. The molecule has 0 saturated heterocycles. The zero-order valence-electron chi connectivity index (χ0n) is 10.9. The molecule has 19 heavy (non-hydrogen) atoms. The normalized spacial score (nSPS) is 16.7. The van der Waals surface area contributed by atoms with Crippen molar-refractivity contribution in [2.24, 2.45) is 5.41 Å².